The van der Waals surface area contributed by atoms with E-state index < -0.39 is 35.8 Å². The van der Waals surface area contributed by atoms with E-state index in [1.54, 1.807) is 26.0 Å². The monoisotopic (exact) mass is 311 g/mol. The third-order valence-electron chi connectivity index (χ3n) is 3.91. The van der Waals surface area contributed by atoms with Crippen molar-refractivity contribution in [3.05, 3.63) is 23.8 Å². The minimum Gasteiger partial charge on any atom is -0.481 e. The molecule has 0 aromatic heterocycles. The fraction of sp³-hybridized carbons (Fsp3) is 0.533. The summed E-state index contributed by atoms with van der Waals surface area (Å²) >= 11 is 0. The van der Waals surface area contributed by atoms with Crippen molar-refractivity contribution in [3.8, 4) is 0 Å². The van der Waals surface area contributed by atoms with Gasteiger partial charge in [0.15, 0.2) is 0 Å². The molecule has 0 amide bonds. The molecule has 1 heterocycles. The van der Waals surface area contributed by atoms with Gasteiger partial charge in [-0.3, -0.25) is 14.4 Å². The number of carboxylic acid groups (broad SMARTS) is 3. The van der Waals surface area contributed by atoms with E-state index in [1.165, 1.54) is 6.08 Å². The van der Waals surface area contributed by atoms with Crippen LogP contribution in [0.25, 0.3) is 0 Å². The number of hydrogen-bond donors (Lipinski definition) is 4. The van der Waals surface area contributed by atoms with Gasteiger partial charge in [0.2, 0.25) is 0 Å². The van der Waals surface area contributed by atoms with Crippen molar-refractivity contribution < 1.29 is 29.7 Å². The van der Waals surface area contributed by atoms with Crippen LogP contribution in [0, 0.1) is 17.8 Å². The second-order valence-electron chi connectivity index (χ2n) is 5.51. The highest BCUT2D eigenvalue weighted by molar-refractivity contribution is 5.76. The molecule has 0 aliphatic carbocycles. The average molecular weight is 311 g/mol. The zero-order valence-electron chi connectivity index (χ0n) is 12.5. The summed E-state index contributed by atoms with van der Waals surface area (Å²) < 4.78 is 0. The SMILES string of the molecule is C/C(=C/C=C\[C@H](C)C(=O)O)[C@H]1CN[C@H](C(=O)O)[C@H]1CC(=O)O. The molecular weight excluding hydrogens is 290 g/mol. The van der Waals surface area contributed by atoms with Crippen LogP contribution in [0.4, 0.5) is 0 Å². The summed E-state index contributed by atoms with van der Waals surface area (Å²) in [6.45, 7) is 3.73. The first-order valence-corrected chi connectivity index (χ1v) is 6.99. The maximum atomic E-state index is 11.2. The van der Waals surface area contributed by atoms with Gasteiger partial charge < -0.3 is 20.6 Å². The lowest BCUT2D eigenvalue weighted by molar-refractivity contribution is -0.142. The maximum absolute atomic E-state index is 11.2. The Morgan fingerprint density at radius 1 is 1.27 bits per heavy atom. The molecule has 0 radical (unpaired) electrons. The molecule has 0 spiro atoms. The van der Waals surface area contributed by atoms with Gasteiger partial charge in [0.1, 0.15) is 6.04 Å². The molecule has 0 aromatic rings. The minimum atomic E-state index is -1.06. The molecule has 1 aliphatic rings. The quantitative estimate of drug-likeness (QED) is 0.516. The number of nitrogens with one attached hydrogen (secondary N) is 1. The highest BCUT2D eigenvalue weighted by atomic mass is 16.4. The maximum Gasteiger partial charge on any atom is 0.321 e. The Kier molecular flexibility index (Phi) is 6.30. The normalized spacial score (nSPS) is 27.0. The van der Waals surface area contributed by atoms with E-state index in [2.05, 4.69) is 5.32 Å². The topological polar surface area (TPSA) is 124 Å². The molecule has 4 N–H and O–H groups in total. The van der Waals surface area contributed by atoms with Crippen LogP contribution in [0.2, 0.25) is 0 Å². The van der Waals surface area contributed by atoms with E-state index in [9.17, 15) is 14.4 Å². The number of aliphatic carboxylic acids is 3. The lowest BCUT2D eigenvalue weighted by Crippen LogP contribution is -2.36. The first-order chi connectivity index (χ1) is 10.2. The van der Waals surface area contributed by atoms with Crippen molar-refractivity contribution in [2.75, 3.05) is 6.54 Å². The largest absolute Gasteiger partial charge is 0.481 e. The van der Waals surface area contributed by atoms with Gasteiger partial charge in [0.25, 0.3) is 0 Å². The molecule has 4 atom stereocenters. The molecule has 0 aromatic carbocycles. The third kappa shape index (κ3) is 4.70. The lowest BCUT2D eigenvalue weighted by atomic mass is 9.83. The molecule has 1 fully saturated rings. The van der Waals surface area contributed by atoms with E-state index in [-0.39, 0.29) is 12.3 Å². The van der Waals surface area contributed by atoms with Gasteiger partial charge >= 0.3 is 17.9 Å². The zero-order valence-corrected chi connectivity index (χ0v) is 12.5. The van der Waals surface area contributed by atoms with Crippen LogP contribution >= 0.6 is 0 Å². The summed E-state index contributed by atoms with van der Waals surface area (Å²) in [6.07, 6.45) is 4.62. The molecule has 122 valence electrons. The van der Waals surface area contributed by atoms with E-state index in [1.807, 2.05) is 0 Å². The van der Waals surface area contributed by atoms with Crippen LogP contribution in [0.1, 0.15) is 20.3 Å². The molecule has 0 bridgehead atoms. The summed E-state index contributed by atoms with van der Waals surface area (Å²) in [6, 6.07) is -0.883. The zero-order chi connectivity index (χ0) is 16.9. The highest BCUT2D eigenvalue weighted by Crippen LogP contribution is 2.31. The Morgan fingerprint density at radius 2 is 1.91 bits per heavy atom. The number of allylic oxidation sites excluding steroid dienone is 2. The molecule has 7 nitrogen and oxygen atoms in total. The van der Waals surface area contributed by atoms with Gasteiger partial charge in [-0.1, -0.05) is 23.8 Å². The minimum absolute atomic E-state index is 0.206. The average Bonchev–Trinajstić information content (AvgIpc) is 2.81. The Bertz CT molecular complexity index is 510. The van der Waals surface area contributed by atoms with Crippen LogP contribution in [0.5, 0.6) is 0 Å². The Balaban J connectivity index is 2.85. The van der Waals surface area contributed by atoms with Crippen LogP contribution in [-0.2, 0) is 14.4 Å². The van der Waals surface area contributed by atoms with Gasteiger partial charge in [-0.05, 0) is 19.8 Å². The predicted molar refractivity (Wildman–Crippen MR) is 78.4 cm³/mol. The lowest BCUT2D eigenvalue weighted by Gasteiger charge is -2.20. The Labute approximate surface area is 128 Å². The summed E-state index contributed by atoms with van der Waals surface area (Å²) in [7, 11) is 0. The highest BCUT2D eigenvalue weighted by Gasteiger charge is 2.41. The van der Waals surface area contributed by atoms with Gasteiger partial charge in [-0.15, -0.1) is 0 Å². The molecule has 0 saturated carbocycles. The molecule has 1 saturated heterocycles. The van der Waals surface area contributed by atoms with Crippen LogP contribution < -0.4 is 5.32 Å². The Morgan fingerprint density at radius 3 is 2.41 bits per heavy atom. The summed E-state index contributed by atoms with van der Waals surface area (Å²) in [5.74, 6) is -4.38. The van der Waals surface area contributed by atoms with E-state index in [0.717, 1.165) is 5.57 Å². The third-order valence-corrected chi connectivity index (χ3v) is 3.91. The summed E-state index contributed by atoms with van der Waals surface area (Å²) in [5.41, 5.74) is 0.830. The van der Waals surface area contributed by atoms with E-state index in [0.29, 0.717) is 6.54 Å². The van der Waals surface area contributed by atoms with Crippen molar-refractivity contribution in [2.45, 2.75) is 26.3 Å². The summed E-state index contributed by atoms with van der Waals surface area (Å²) in [5, 5.41) is 29.7. The van der Waals surface area contributed by atoms with E-state index in [4.69, 9.17) is 15.3 Å². The molecule has 22 heavy (non-hydrogen) atoms. The molecule has 1 aliphatic heterocycles. The first kappa shape index (κ1) is 17.9. The standard InChI is InChI=1S/C15H21NO6/c1-8(4-3-5-9(2)14(19)20)11-7-16-13(15(21)22)10(11)6-12(17)18/h3-5,9-11,13,16H,6-7H2,1-2H3,(H,17,18)(H,19,20)(H,21,22)/b5-3-,8-4-/t9-,10-,11+,13-/m0/s1. The smallest absolute Gasteiger partial charge is 0.321 e. The predicted octanol–water partition coefficient (Wildman–Crippen LogP) is 0.973. The van der Waals surface area contributed by atoms with E-state index >= 15 is 0 Å². The van der Waals surface area contributed by atoms with Gasteiger partial charge in [-0.25, -0.2) is 0 Å². The fourth-order valence-electron chi connectivity index (χ4n) is 2.60. The van der Waals surface area contributed by atoms with Crippen LogP contribution in [-0.4, -0.2) is 45.8 Å². The second-order valence-corrected chi connectivity index (χ2v) is 5.51. The number of carboxylic acids is 3. The summed E-state index contributed by atoms with van der Waals surface area (Å²) in [4.78, 5) is 32.8. The molecular formula is C15H21NO6. The Hall–Kier alpha value is -2.15. The number of carbonyl (C=O) groups is 3. The van der Waals surface area contributed by atoms with Crippen molar-refractivity contribution in [1.82, 2.24) is 5.32 Å². The second kappa shape index (κ2) is 7.74. The first-order valence-electron chi connectivity index (χ1n) is 6.99. The molecule has 1 rings (SSSR count). The molecule has 0 unspecified atom stereocenters. The van der Waals surface area contributed by atoms with Gasteiger partial charge in [0, 0.05) is 12.5 Å². The fourth-order valence-corrected chi connectivity index (χ4v) is 2.60. The molecule has 7 heteroatoms. The van der Waals surface area contributed by atoms with Crippen molar-refractivity contribution in [2.24, 2.45) is 17.8 Å². The van der Waals surface area contributed by atoms with Crippen LogP contribution in [0.3, 0.4) is 0 Å². The number of rotatable bonds is 7. The van der Waals surface area contributed by atoms with Gasteiger partial charge in [0.05, 0.1) is 12.3 Å². The van der Waals surface area contributed by atoms with Gasteiger partial charge in [-0.2, -0.15) is 0 Å². The van der Waals surface area contributed by atoms with Crippen LogP contribution in [0.15, 0.2) is 23.8 Å². The van der Waals surface area contributed by atoms with Crippen molar-refractivity contribution >= 4 is 17.9 Å². The van der Waals surface area contributed by atoms with Crippen molar-refractivity contribution in [3.63, 3.8) is 0 Å². The number of hydrogen-bond acceptors (Lipinski definition) is 4. The van der Waals surface area contributed by atoms with Crippen molar-refractivity contribution in [1.29, 1.82) is 0 Å².